The molecule has 39 heavy (non-hydrogen) atoms. The van der Waals surface area contributed by atoms with Crippen LogP contribution in [0.1, 0.15) is 58.8 Å². The Hall–Kier alpha value is -2.86. The third-order valence-electron chi connectivity index (χ3n) is 7.15. The minimum Gasteiger partial charge on any atom is -0.484 e. The zero-order valence-corrected chi connectivity index (χ0v) is 23.7. The fraction of sp³-hybridized carbons (Fsp3) is 0.481. The number of rotatable bonds is 10. The van der Waals surface area contributed by atoms with Gasteiger partial charge in [0.15, 0.2) is 12.2 Å². The molecule has 0 saturated heterocycles. The number of nitrogens with one attached hydrogen (secondary N) is 2. The molecule has 2 aliphatic rings. The van der Waals surface area contributed by atoms with E-state index >= 15 is 0 Å². The van der Waals surface area contributed by atoms with Crippen LogP contribution in [0.5, 0.6) is 5.75 Å². The molecule has 1 saturated carbocycles. The van der Waals surface area contributed by atoms with E-state index in [-0.39, 0.29) is 38.2 Å². The summed E-state index contributed by atoms with van der Waals surface area (Å²) in [6, 6.07) is 5.94. The van der Waals surface area contributed by atoms with Gasteiger partial charge in [-0.2, -0.15) is 13.5 Å². The summed E-state index contributed by atoms with van der Waals surface area (Å²) in [6.45, 7) is 4.09. The van der Waals surface area contributed by atoms with Gasteiger partial charge in [0.05, 0.1) is 16.8 Å². The Morgan fingerprint density at radius 2 is 2.10 bits per heavy atom. The van der Waals surface area contributed by atoms with Crippen molar-refractivity contribution < 1.29 is 19.1 Å². The van der Waals surface area contributed by atoms with Crippen molar-refractivity contribution in [1.29, 1.82) is 0 Å². The molecule has 0 bridgehead atoms. The topological polar surface area (TPSA) is 126 Å². The van der Waals surface area contributed by atoms with E-state index in [1.165, 1.54) is 25.6 Å². The highest BCUT2D eigenvalue weighted by Gasteiger charge is 2.23. The quantitative estimate of drug-likeness (QED) is 0.333. The molecule has 3 N–H and O–H groups in total. The average molecular weight is 575 g/mol. The third kappa shape index (κ3) is 7.42. The zero-order chi connectivity index (χ0) is 26.5. The first-order valence-corrected chi connectivity index (χ1v) is 13.4. The van der Waals surface area contributed by atoms with Gasteiger partial charge in [0.25, 0.3) is 5.91 Å². The van der Waals surface area contributed by atoms with E-state index in [4.69, 9.17) is 20.8 Å². The third-order valence-corrected chi connectivity index (χ3v) is 7.57. The second kappa shape index (κ2) is 13.5. The molecule has 1 fully saturated rings. The summed E-state index contributed by atoms with van der Waals surface area (Å²) in [5.74, 6) is 1.62. The number of hydrogen-bond donors (Lipinski definition) is 3. The number of hydrogen-bond acceptors (Lipinski definition) is 9. The number of carbonyl (C=O) groups excluding carboxylic acids is 1. The smallest absolute Gasteiger partial charge is 0.270 e. The molecular formula is C27H35ClN6O4S. The maximum absolute atomic E-state index is 12.6. The van der Waals surface area contributed by atoms with Crippen LogP contribution in [-0.2, 0) is 19.6 Å². The number of ether oxygens (including phenoxy) is 1. The number of aromatic nitrogens is 3. The fourth-order valence-corrected chi connectivity index (χ4v) is 5.36. The van der Waals surface area contributed by atoms with Crippen LogP contribution in [-0.4, -0.2) is 62.6 Å². The number of aliphatic hydroxyl groups is 1. The van der Waals surface area contributed by atoms with Gasteiger partial charge in [-0.1, -0.05) is 30.5 Å². The van der Waals surface area contributed by atoms with Gasteiger partial charge >= 0.3 is 0 Å². The number of β-amino-alcohol motifs (C(OH)–C–C–N with tert-alkyl or cyclic N) is 1. The summed E-state index contributed by atoms with van der Waals surface area (Å²) < 4.78 is 11.2. The van der Waals surface area contributed by atoms with Gasteiger partial charge in [-0.15, -0.1) is 0 Å². The van der Waals surface area contributed by atoms with Gasteiger partial charge in [-0.25, -0.2) is 15.0 Å². The lowest BCUT2D eigenvalue weighted by Gasteiger charge is -2.31. The number of benzene rings is 1. The Kier molecular flexibility index (Phi) is 10.1. The summed E-state index contributed by atoms with van der Waals surface area (Å²) in [5.41, 5.74) is 3.24. The number of amides is 1. The summed E-state index contributed by atoms with van der Waals surface area (Å²) in [5, 5.41) is 17.4. The first kappa shape index (κ1) is 29.1. The van der Waals surface area contributed by atoms with Crippen molar-refractivity contribution in [3.63, 3.8) is 0 Å². The molecule has 1 amide bonds. The van der Waals surface area contributed by atoms with Crippen molar-refractivity contribution in [1.82, 2.24) is 25.2 Å². The van der Waals surface area contributed by atoms with Crippen molar-refractivity contribution in [2.75, 3.05) is 25.0 Å². The summed E-state index contributed by atoms with van der Waals surface area (Å²) in [7, 11) is 0. The van der Waals surface area contributed by atoms with E-state index in [1.54, 1.807) is 6.07 Å². The van der Waals surface area contributed by atoms with Crippen molar-refractivity contribution in [3.8, 4) is 5.75 Å². The van der Waals surface area contributed by atoms with E-state index in [0.717, 1.165) is 42.6 Å². The van der Waals surface area contributed by atoms with E-state index in [1.807, 2.05) is 19.1 Å². The lowest BCUT2D eigenvalue weighted by atomic mass is 9.99. The number of halogens is 1. The Balaban J connectivity index is 0.00000353. The van der Waals surface area contributed by atoms with Crippen LogP contribution in [0.4, 0.5) is 5.82 Å². The molecule has 1 atom stereocenters. The number of fused-ring (bicyclic) bond motifs is 1. The summed E-state index contributed by atoms with van der Waals surface area (Å²) in [4.78, 5) is 27.2. The Bertz CT molecular complexity index is 1270. The highest BCUT2D eigenvalue weighted by molar-refractivity contribution is 7.59. The van der Waals surface area contributed by atoms with Crippen LogP contribution < -0.4 is 15.4 Å². The highest BCUT2D eigenvalue weighted by Crippen LogP contribution is 2.34. The van der Waals surface area contributed by atoms with Crippen LogP contribution >= 0.6 is 25.1 Å². The monoisotopic (exact) mass is 574 g/mol. The maximum atomic E-state index is 12.6. The summed E-state index contributed by atoms with van der Waals surface area (Å²) >= 11 is 6.66. The average Bonchev–Trinajstić information content (AvgIpc) is 3.58. The molecule has 1 aliphatic carbocycles. The highest BCUT2D eigenvalue weighted by atomic mass is 35.5. The van der Waals surface area contributed by atoms with Crippen molar-refractivity contribution in [3.05, 3.63) is 64.2 Å². The molecule has 1 aromatic carbocycles. The number of nitrogens with zero attached hydrogens (tertiary/aromatic N) is 4. The fourth-order valence-electron chi connectivity index (χ4n) is 5.03. The molecule has 0 spiro atoms. The van der Waals surface area contributed by atoms with Gasteiger partial charge in [0, 0.05) is 38.3 Å². The largest absolute Gasteiger partial charge is 0.484 e. The number of aryl methyl sites for hydroxylation is 1. The number of carbonyl (C=O) groups is 1. The van der Waals surface area contributed by atoms with Gasteiger partial charge in [0.1, 0.15) is 30.2 Å². The van der Waals surface area contributed by atoms with Crippen molar-refractivity contribution in [2.45, 2.75) is 64.3 Å². The maximum Gasteiger partial charge on any atom is 0.270 e. The van der Waals surface area contributed by atoms with Crippen LogP contribution in [0.15, 0.2) is 35.3 Å². The molecule has 3 aromatic rings. The molecule has 10 nitrogen and oxygen atoms in total. The molecule has 3 heterocycles. The number of anilines is 1. The number of aliphatic hydroxyl groups excluding tert-OH is 1. The zero-order valence-electron chi connectivity index (χ0n) is 22.0. The lowest BCUT2D eigenvalue weighted by Crippen LogP contribution is -2.42. The molecule has 2 aromatic heterocycles. The van der Waals surface area contributed by atoms with Gasteiger partial charge < -0.3 is 24.9 Å². The van der Waals surface area contributed by atoms with E-state index in [2.05, 4.69) is 30.5 Å². The predicted molar refractivity (Wildman–Crippen MR) is 153 cm³/mol. The van der Waals surface area contributed by atoms with Crippen LogP contribution in [0.2, 0.25) is 5.02 Å². The Labute approximate surface area is 240 Å². The molecule has 0 radical (unpaired) electrons. The molecule has 0 unspecified atom stereocenters. The van der Waals surface area contributed by atoms with E-state index in [9.17, 15) is 9.90 Å². The van der Waals surface area contributed by atoms with Crippen molar-refractivity contribution in [2.24, 2.45) is 0 Å². The van der Waals surface area contributed by atoms with Crippen LogP contribution in [0.3, 0.4) is 0 Å². The normalized spacial score (nSPS) is 16.3. The van der Waals surface area contributed by atoms with Gasteiger partial charge in [-0.3, -0.25) is 9.69 Å². The Morgan fingerprint density at radius 3 is 2.87 bits per heavy atom. The first-order chi connectivity index (χ1) is 18.5. The Morgan fingerprint density at radius 1 is 1.28 bits per heavy atom. The SMILES string of the molecule is Cc1ncoc1COc1ccc2c(c1Cl)CCN(C[C@@H](O)CNC(=O)c1cc(NC3CCCC3)ncn1)C2.S. The van der Waals surface area contributed by atoms with Crippen LogP contribution in [0.25, 0.3) is 0 Å². The van der Waals surface area contributed by atoms with Crippen LogP contribution in [0, 0.1) is 6.92 Å². The molecular weight excluding hydrogens is 540 g/mol. The molecule has 1 aliphatic heterocycles. The lowest BCUT2D eigenvalue weighted by molar-refractivity contribution is 0.0838. The molecule has 12 heteroatoms. The summed E-state index contributed by atoms with van der Waals surface area (Å²) in [6.07, 6.45) is 7.47. The number of oxazole rings is 1. The minimum absolute atomic E-state index is 0. The second-order valence-electron chi connectivity index (χ2n) is 9.93. The van der Waals surface area contributed by atoms with E-state index < -0.39 is 6.10 Å². The standard InChI is InChI=1S/C27H33ClN6O4.H2S/c1-17-24(38-16-32-17)14-37-23-7-6-18-12-34(9-8-21(18)26(23)28)13-20(35)11-29-27(36)22-10-25(31-15-30-22)33-19-4-2-3-5-19;/h6-7,10,15-16,19-20,35H,2-5,8-9,11-14H2,1H3,(H,29,36)(H,30,31,33);1H2/t20-;/m0./s1. The van der Waals surface area contributed by atoms with Crippen molar-refractivity contribution >= 4 is 36.8 Å². The van der Waals surface area contributed by atoms with Gasteiger partial charge in [-0.05, 0) is 43.4 Å². The van der Waals surface area contributed by atoms with E-state index in [0.29, 0.717) is 41.5 Å². The minimum atomic E-state index is -0.721. The molecule has 210 valence electrons. The predicted octanol–water partition coefficient (Wildman–Crippen LogP) is 3.62. The first-order valence-electron chi connectivity index (χ1n) is 13.1. The van der Waals surface area contributed by atoms with Gasteiger partial charge in [0.2, 0.25) is 0 Å². The molecule has 5 rings (SSSR count). The second-order valence-corrected chi connectivity index (χ2v) is 10.3.